The lowest BCUT2D eigenvalue weighted by atomic mass is 10.1. The third-order valence-electron chi connectivity index (χ3n) is 2.90. The van der Waals surface area contributed by atoms with Crippen molar-refractivity contribution in [2.45, 2.75) is 0 Å². The van der Waals surface area contributed by atoms with Crippen molar-refractivity contribution < 1.29 is 19.6 Å². The van der Waals surface area contributed by atoms with Gasteiger partial charge in [-0.2, -0.15) is 0 Å². The molecule has 2 aromatic rings. The zero-order chi connectivity index (χ0) is 16.8. The van der Waals surface area contributed by atoms with Crippen LogP contribution in [0, 0.1) is 10.1 Å². The van der Waals surface area contributed by atoms with Crippen molar-refractivity contribution in [1.29, 1.82) is 0 Å². The van der Waals surface area contributed by atoms with E-state index < -0.39 is 22.5 Å². The Morgan fingerprint density at radius 3 is 2.35 bits per heavy atom. The van der Waals surface area contributed by atoms with Crippen LogP contribution in [0.5, 0.6) is 0 Å². The number of carbonyl (C=O) groups excluding carboxylic acids is 2. The van der Waals surface area contributed by atoms with E-state index in [0.717, 1.165) is 6.08 Å². The molecule has 0 saturated heterocycles. The van der Waals surface area contributed by atoms with Gasteiger partial charge in [-0.25, -0.2) is 0 Å². The van der Waals surface area contributed by atoms with Gasteiger partial charge in [0.15, 0.2) is 0 Å². The molecule has 116 valence electrons. The van der Waals surface area contributed by atoms with Gasteiger partial charge in [0, 0.05) is 17.7 Å². The Bertz CT molecular complexity index is 784. The molecule has 0 aliphatic rings. The second-order valence-corrected chi connectivity index (χ2v) is 4.52. The van der Waals surface area contributed by atoms with Crippen LogP contribution >= 0.6 is 0 Å². The number of nitro groups is 1. The molecule has 1 amide bonds. The van der Waals surface area contributed by atoms with Crippen LogP contribution in [0.3, 0.4) is 0 Å². The summed E-state index contributed by atoms with van der Waals surface area (Å²) in [7, 11) is 0. The Morgan fingerprint density at radius 2 is 1.74 bits per heavy atom. The summed E-state index contributed by atoms with van der Waals surface area (Å²) in [6, 6.07) is 13.4. The lowest BCUT2D eigenvalue weighted by molar-refractivity contribution is -0.384. The van der Waals surface area contributed by atoms with E-state index in [1.807, 2.05) is 0 Å². The number of hydrogen-bond donors (Lipinski definition) is 1. The van der Waals surface area contributed by atoms with Crippen LogP contribution in [0.4, 0.5) is 5.69 Å². The molecular weight excluding hydrogens is 300 g/mol. The van der Waals surface area contributed by atoms with Crippen molar-refractivity contribution in [1.82, 2.24) is 5.32 Å². The zero-order valence-corrected chi connectivity index (χ0v) is 11.8. The van der Waals surface area contributed by atoms with Crippen molar-refractivity contribution in [3.05, 3.63) is 81.5 Å². The van der Waals surface area contributed by atoms with Crippen molar-refractivity contribution >= 4 is 23.6 Å². The van der Waals surface area contributed by atoms with E-state index in [1.165, 1.54) is 36.4 Å². The number of carboxylic acids is 1. The van der Waals surface area contributed by atoms with Gasteiger partial charge in [-0.1, -0.05) is 30.3 Å². The molecule has 0 aromatic heterocycles. The number of aliphatic carboxylic acids is 1. The summed E-state index contributed by atoms with van der Waals surface area (Å²) in [5.41, 5.74) is -0.143. The van der Waals surface area contributed by atoms with Gasteiger partial charge in [0.1, 0.15) is 0 Å². The van der Waals surface area contributed by atoms with Crippen LogP contribution in [0.2, 0.25) is 0 Å². The minimum Gasteiger partial charge on any atom is -0.543 e. The standard InChI is InChI=1S/C16H12N2O5/c19-15(12-6-2-1-3-7-12)17-14(16(20)21)10-11-5-4-8-13(9-11)18(22)23/h1-10H,(H,17,19)(H,20,21)/p-1/b14-10+. The number of benzene rings is 2. The highest BCUT2D eigenvalue weighted by Crippen LogP contribution is 2.15. The molecule has 0 atom stereocenters. The molecule has 0 radical (unpaired) electrons. The number of hydrogen-bond acceptors (Lipinski definition) is 5. The maximum absolute atomic E-state index is 12.0. The molecule has 0 bridgehead atoms. The lowest BCUT2D eigenvalue weighted by Gasteiger charge is -2.11. The first-order valence-electron chi connectivity index (χ1n) is 6.51. The quantitative estimate of drug-likeness (QED) is 0.505. The Hall–Kier alpha value is -3.48. The largest absolute Gasteiger partial charge is 0.543 e. The smallest absolute Gasteiger partial charge is 0.270 e. The molecule has 1 N–H and O–H groups in total. The van der Waals surface area contributed by atoms with Crippen LogP contribution in [-0.2, 0) is 4.79 Å². The fraction of sp³-hybridized carbons (Fsp3) is 0. The van der Waals surface area contributed by atoms with E-state index in [2.05, 4.69) is 5.32 Å². The fourth-order valence-corrected chi connectivity index (χ4v) is 1.82. The molecule has 0 fully saturated rings. The SMILES string of the molecule is O=C([O-])/C(=C\c1cccc([N+](=O)[O-])c1)NC(=O)c1ccccc1. The van der Waals surface area contributed by atoms with E-state index in [1.54, 1.807) is 18.2 Å². The first kappa shape index (κ1) is 15.9. The number of carbonyl (C=O) groups is 2. The highest BCUT2D eigenvalue weighted by molar-refractivity contribution is 6.02. The molecule has 0 spiro atoms. The van der Waals surface area contributed by atoms with Crippen LogP contribution in [0.1, 0.15) is 15.9 Å². The Labute approximate surface area is 131 Å². The third kappa shape index (κ3) is 4.24. The molecule has 0 saturated carbocycles. The molecule has 0 aliphatic heterocycles. The van der Waals surface area contributed by atoms with E-state index in [0.29, 0.717) is 0 Å². The number of nitrogens with zero attached hydrogens (tertiary/aromatic N) is 1. The number of amides is 1. The van der Waals surface area contributed by atoms with Gasteiger partial charge >= 0.3 is 0 Å². The number of nitro benzene ring substituents is 1. The summed E-state index contributed by atoms with van der Waals surface area (Å²) in [5.74, 6) is -2.22. The van der Waals surface area contributed by atoms with Crippen LogP contribution in [0.15, 0.2) is 60.3 Å². The van der Waals surface area contributed by atoms with Crippen molar-refractivity contribution in [2.75, 3.05) is 0 Å². The average molecular weight is 311 g/mol. The van der Waals surface area contributed by atoms with E-state index in [9.17, 15) is 24.8 Å². The molecule has 2 rings (SSSR count). The van der Waals surface area contributed by atoms with Crippen molar-refractivity contribution in [3.8, 4) is 0 Å². The predicted molar refractivity (Wildman–Crippen MR) is 80.0 cm³/mol. The van der Waals surface area contributed by atoms with Gasteiger partial charge < -0.3 is 15.2 Å². The summed E-state index contributed by atoms with van der Waals surface area (Å²) in [5, 5.41) is 24.1. The molecule has 0 heterocycles. The van der Waals surface area contributed by atoms with Gasteiger partial charge in [0.2, 0.25) is 0 Å². The number of nitrogens with one attached hydrogen (secondary N) is 1. The molecule has 0 aliphatic carbocycles. The van der Waals surface area contributed by atoms with Crippen molar-refractivity contribution in [3.63, 3.8) is 0 Å². The highest BCUT2D eigenvalue weighted by atomic mass is 16.6. The maximum Gasteiger partial charge on any atom is 0.270 e. The Balaban J connectivity index is 2.28. The lowest BCUT2D eigenvalue weighted by Crippen LogP contribution is -2.35. The topological polar surface area (TPSA) is 112 Å². The highest BCUT2D eigenvalue weighted by Gasteiger charge is 2.09. The number of non-ortho nitro benzene ring substituents is 1. The van der Waals surface area contributed by atoms with E-state index in [-0.39, 0.29) is 16.8 Å². The fourth-order valence-electron chi connectivity index (χ4n) is 1.82. The van der Waals surface area contributed by atoms with Gasteiger partial charge in [0.25, 0.3) is 11.6 Å². The number of rotatable bonds is 5. The van der Waals surface area contributed by atoms with Gasteiger partial charge in [-0.15, -0.1) is 0 Å². The van der Waals surface area contributed by atoms with Gasteiger partial charge in [-0.3, -0.25) is 14.9 Å². The summed E-state index contributed by atoms with van der Waals surface area (Å²) >= 11 is 0. The monoisotopic (exact) mass is 311 g/mol. The van der Waals surface area contributed by atoms with Crippen LogP contribution in [-0.4, -0.2) is 16.8 Å². The first-order chi connectivity index (χ1) is 11.0. The third-order valence-corrected chi connectivity index (χ3v) is 2.90. The number of carboxylic acid groups (broad SMARTS) is 1. The molecule has 2 aromatic carbocycles. The molecule has 23 heavy (non-hydrogen) atoms. The minimum absolute atomic E-state index is 0.189. The van der Waals surface area contributed by atoms with E-state index in [4.69, 9.17) is 0 Å². The van der Waals surface area contributed by atoms with Gasteiger partial charge in [-0.05, 0) is 23.8 Å². The molecule has 0 unspecified atom stereocenters. The zero-order valence-electron chi connectivity index (χ0n) is 11.8. The van der Waals surface area contributed by atoms with E-state index >= 15 is 0 Å². The first-order valence-corrected chi connectivity index (χ1v) is 6.51. The average Bonchev–Trinajstić information content (AvgIpc) is 2.55. The Kier molecular flexibility index (Phi) is 4.83. The molecular formula is C16H11N2O5-. The minimum atomic E-state index is -1.60. The summed E-state index contributed by atoms with van der Waals surface area (Å²) in [6.07, 6.45) is 1.10. The maximum atomic E-state index is 12.0. The Morgan fingerprint density at radius 1 is 1.04 bits per heavy atom. The molecule has 7 heteroatoms. The summed E-state index contributed by atoms with van der Waals surface area (Å²) in [4.78, 5) is 33.3. The normalized spacial score (nSPS) is 10.9. The second kappa shape index (κ2) is 6.99. The van der Waals surface area contributed by atoms with Crippen molar-refractivity contribution in [2.24, 2.45) is 0 Å². The predicted octanol–water partition coefficient (Wildman–Crippen LogP) is 1.12. The second-order valence-electron chi connectivity index (χ2n) is 4.52. The van der Waals surface area contributed by atoms with Gasteiger partial charge in [0.05, 0.1) is 16.6 Å². The van der Waals surface area contributed by atoms with Crippen LogP contribution in [0.25, 0.3) is 6.08 Å². The molecule has 7 nitrogen and oxygen atoms in total. The summed E-state index contributed by atoms with van der Waals surface area (Å²) in [6.45, 7) is 0. The summed E-state index contributed by atoms with van der Waals surface area (Å²) < 4.78 is 0. The van der Waals surface area contributed by atoms with Crippen LogP contribution < -0.4 is 10.4 Å².